The first-order valence-corrected chi connectivity index (χ1v) is 10.4. The molecule has 0 saturated carbocycles. The predicted molar refractivity (Wildman–Crippen MR) is 122 cm³/mol. The summed E-state index contributed by atoms with van der Waals surface area (Å²) in [5.74, 6) is 1.82. The molecule has 0 spiro atoms. The van der Waals surface area contributed by atoms with Crippen molar-refractivity contribution in [3.05, 3.63) is 70.0 Å². The molecular formula is C23H25N5O4. The number of methoxy groups -OCH3 is 2. The molecule has 166 valence electrons. The summed E-state index contributed by atoms with van der Waals surface area (Å²) in [5.41, 5.74) is 3.01. The van der Waals surface area contributed by atoms with Gasteiger partial charge in [0.2, 0.25) is 11.6 Å². The van der Waals surface area contributed by atoms with E-state index >= 15 is 0 Å². The molecule has 2 heterocycles. The van der Waals surface area contributed by atoms with Gasteiger partial charge in [0.15, 0.2) is 11.5 Å². The largest absolute Gasteiger partial charge is 0.493 e. The molecule has 2 aromatic carbocycles. The smallest absolute Gasteiger partial charge is 0.353 e. The third kappa shape index (κ3) is 4.27. The van der Waals surface area contributed by atoms with Gasteiger partial charge in [-0.3, -0.25) is 10.1 Å². The number of aromatic nitrogens is 2. The topological polar surface area (TPSA) is 103 Å². The zero-order valence-corrected chi connectivity index (χ0v) is 18.1. The lowest BCUT2D eigenvalue weighted by Gasteiger charge is -2.30. The molecule has 0 unspecified atom stereocenters. The monoisotopic (exact) mass is 435 g/mol. The molecule has 1 aliphatic heterocycles. The lowest BCUT2D eigenvalue weighted by Crippen LogP contribution is -2.26. The van der Waals surface area contributed by atoms with Crippen molar-refractivity contribution in [2.75, 3.05) is 37.5 Å². The second kappa shape index (κ2) is 9.51. The number of hydrogen-bond donors (Lipinski definition) is 1. The minimum absolute atomic E-state index is 0.114. The summed E-state index contributed by atoms with van der Waals surface area (Å²) in [6, 6.07) is 13.6. The summed E-state index contributed by atoms with van der Waals surface area (Å²) in [4.78, 5) is 22.0. The third-order valence-electron chi connectivity index (χ3n) is 5.51. The van der Waals surface area contributed by atoms with Crippen LogP contribution in [0.5, 0.6) is 11.5 Å². The van der Waals surface area contributed by atoms with E-state index in [0.29, 0.717) is 36.8 Å². The Labute approximate surface area is 186 Å². The van der Waals surface area contributed by atoms with Crippen LogP contribution >= 0.6 is 0 Å². The van der Waals surface area contributed by atoms with Gasteiger partial charge in [0.1, 0.15) is 6.33 Å². The van der Waals surface area contributed by atoms with Gasteiger partial charge in [0, 0.05) is 18.8 Å². The first-order chi connectivity index (χ1) is 15.6. The summed E-state index contributed by atoms with van der Waals surface area (Å²) < 4.78 is 10.6. The average molecular weight is 435 g/mol. The van der Waals surface area contributed by atoms with Gasteiger partial charge in [-0.25, -0.2) is 9.97 Å². The molecule has 9 nitrogen and oxygen atoms in total. The van der Waals surface area contributed by atoms with E-state index in [1.807, 2.05) is 41.3 Å². The van der Waals surface area contributed by atoms with E-state index in [0.717, 1.165) is 29.7 Å². The molecule has 1 aromatic heterocycles. The summed E-state index contributed by atoms with van der Waals surface area (Å²) >= 11 is 0. The summed E-state index contributed by atoms with van der Waals surface area (Å²) in [5, 5.41) is 15.1. The summed E-state index contributed by atoms with van der Waals surface area (Å²) in [6.45, 7) is 1.13. The van der Waals surface area contributed by atoms with Crippen LogP contribution in [0.3, 0.4) is 0 Å². The normalized spacial score (nSPS) is 12.8. The molecule has 0 amide bonds. The first kappa shape index (κ1) is 21.4. The highest BCUT2D eigenvalue weighted by Crippen LogP contribution is 2.39. The second-order valence-corrected chi connectivity index (χ2v) is 7.40. The number of rotatable bonds is 8. The molecule has 0 fully saturated rings. The lowest BCUT2D eigenvalue weighted by atomic mass is 10.0. The van der Waals surface area contributed by atoms with Gasteiger partial charge in [-0.15, -0.1) is 0 Å². The van der Waals surface area contributed by atoms with E-state index in [2.05, 4.69) is 21.4 Å². The molecule has 0 atom stereocenters. The van der Waals surface area contributed by atoms with Crippen molar-refractivity contribution in [2.45, 2.75) is 19.3 Å². The van der Waals surface area contributed by atoms with Gasteiger partial charge < -0.3 is 19.7 Å². The van der Waals surface area contributed by atoms with Crippen molar-refractivity contribution in [3.63, 3.8) is 0 Å². The zero-order chi connectivity index (χ0) is 22.5. The summed E-state index contributed by atoms with van der Waals surface area (Å²) in [7, 11) is 3.18. The van der Waals surface area contributed by atoms with E-state index in [1.54, 1.807) is 14.2 Å². The molecule has 0 radical (unpaired) electrons. The highest BCUT2D eigenvalue weighted by Gasteiger charge is 2.30. The Kier molecular flexibility index (Phi) is 6.34. The van der Waals surface area contributed by atoms with Crippen molar-refractivity contribution < 1.29 is 14.4 Å². The maximum atomic E-state index is 12.0. The highest BCUT2D eigenvalue weighted by atomic mass is 16.6. The van der Waals surface area contributed by atoms with Crippen LogP contribution in [0.2, 0.25) is 0 Å². The maximum Gasteiger partial charge on any atom is 0.353 e. The van der Waals surface area contributed by atoms with Crippen molar-refractivity contribution >= 4 is 23.0 Å². The first-order valence-electron chi connectivity index (χ1n) is 10.4. The maximum absolute atomic E-state index is 12.0. The lowest BCUT2D eigenvalue weighted by molar-refractivity contribution is -0.383. The second-order valence-electron chi connectivity index (χ2n) is 7.40. The Bertz CT molecular complexity index is 1120. The Morgan fingerprint density at radius 1 is 1.12 bits per heavy atom. The SMILES string of the molecule is COc1ccc(CCNc2ncnc(N3CCCc4ccccc43)c2[N+](=O)[O-])cc1OC. The molecule has 0 saturated heterocycles. The number of hydrogen-bond acceptors (Lipinski definition) is 8. The fourth-order valence-electron chi connectivity index (χ4n) is 3.98. The van der Waals surface area contributed by atoms with Gasteiger partial charge in [-0.2, -0.15) is 0 Å². The number of aryl methyl sites for hydroxylation is 1. The number of ether oxygens (including phenoxy) is 2. The molecule has 1 aliphatic rings. The molecule has 9 heteroatoms. The standard InChI is InChI=1S/C23H25N5O4/c1-31-19-10-9-16(14-20(19)32-2)11-12-24-22-21(28(29)30)23(26-15-25-22)27-13-5-7-17-6-3-4-8-18(17)27/h3-4,6,8-10,14-15H,5,7,11-13H2,1-2H3,(H,24,25,26). The number of benzene rings is 2. The number of nitrogens with one attached hydrogen (secondary N) is 1. The van der Waals surface area contributed by atoms with Crippen molar-refractivity contribution in [1.29, 1.82) is 0 Å². The van der Waals surface area contributed by atoms with Crippen LogP contribution in [-0.4, -0.2) is 42.2 Å². The van der Waals surface area contributed by atoms with Crippen LogP contribution in [-0.2, 0) is 12.8 Å². The van der Waals surface area contributed by atoms with E-state index in [4.69, 9.17) is 9.47 Å². The number of para-hydroxylation sites is 1. The van der Waals surface area contributed by atoms with Crippen LogP contribution < -0.4 is 19.7 Å². The zero-order valence-electron chi connectivity index (χ0n) is 18.1. The highest BCUT2D eigenvalue weighted by molar-refractivity contribution is 5.77. The third-order valence-corrected chi connectivity index (χ3v) is 5.51. The van der Waals surface area contributed by atoms with E-state index in [9.17, 15) is 10.1 Å². The Hall–Kier alpha value is -3.88. The molecule has 0 aliphatic carbocycles. The minimum Gasteiger partial charge on any atom is -0.493 e. The fourth-order valence-corrected chi connectivity index (χ4v) is 3.98. The molecule has 1 N–H and O–H groups in total. The van der Waals surface area contributed by atoms with Gasteiger partial charge in [-0.1, -0.05) is 24.3 Å². The molecular weight excluding hydrogens is 410 g/mol. The van der Waals surface area contributed by atoms with Gasteiger partial charge in [-0.05, 0) is 48.6 Å². The van der Waals surface area contributed by atoms with Gasteiger partial charge >= 0.3 is 5.69 Å². The van der Waals surface area contributed by atoms with Gasteiger partial charge in [0.05, 0.1) is 19.1 Å². The van der Waals surface area contributed by atoms with E-state index in [-0.39, 0.29) is 11.5 Å². The summed E-state index contributed by atoms with van der Waals surface area (Å²) in [6.07, 6.45) is 3.85. The number of fused-ring (bicyclic) bond motifs is 1. The van der Waals surface area contributed by atoms with E-state index in [1.165, 1.54) is 6.33 Å². The average Bonchev–Trinajstić information content (AvgIpc) is 2.83. The predicted octanol–water partition coefficient (Wildman–Crippen LogP) is 4.14. The molecule has 4 rings (SSSR count). The number of nitrogens with zero attached hydrogens (tertiary/aromatic N) is 4. The molecule has 32 heavy (non-hydrogen) atoms. The van der Waals surface area contributed by atoms with E-state index < -0.39 is 4.92 Å². The Balaban J connectivity index is 1.57. The number of anilines is 3. The fraction of sp³-hybridized carbons (Fsp3) is 0.304. The Morgan fingerprint density at radius 3 is 2.72 bits per heavy atom. The molecule has 0 bridgehead atoms. The van der Waals surface area contributed by atoms with Crippen LogP contribution in [0, 0.1) is 10.1 Å². The Morgan fingerprint density at radius 2 is 1.94 bits per heavy atom. The quantitative estimate of drug-likeness (QED) is 0.416. The van der Waals surface area contributed by atoms with Crippen LogP contribution in [0.4, 0.5) is 23.0 Å². The number of nitro groups is 1. The minimum atomic E-state index is -0.411. The molecule has 3 aromatic rings. The van der Waals surface area contributed by atoms with Crippen molar-refractivity contribution in [3.8, 4) is 11.5 Å². The van der Waals surface area contributed by atoms with Gasteiger partial charge in [0.25, 0.3) is 0 Å². The van der Waals surface area contributed by atoms with Crippen LogP contribution in [0.1, 0.15) is 17.5 Å². The van der Waals surface area contributed by atoms with Crippen molar-refractivity contribution in [1.82, 2.24) is 9.97 Å². The van der Waals surface area contributed by atoms with Crippen LogP contribution in [0.15, 0.2) is 48.8 Å². The van der Waals surface area contributed by atoms with Crippen LogP contribution in [0.25, 0.3) is 0 Å². The van der Waals surface area contributed by atoms with Crippen molar-refractivity contribution in [2.24, 2.45) is 0 Å².